The van der Waals surface area contributed by atoms with Crippen LogP contribution in [0.25, 0.3) is 22.6 Å². The van der Waals surface area contributed by atoms with Crippen molar-refractivity contribution >= 4 is 0 Å². The summed E-state index contributed by atoms with van der Waals surface area (Å²) in [7, 11) is 0. The van der Waals surface area contributed by atoms with Crippen LogP contribution >= 0.6 is 0 Å². The minimum atomic E-state index is 0.676. The summed E-state index contributed by atoms with van der Waals surface area (Å²) in [5.41, 5.74) is 2.85. The Bertz CT molecular complexity index is 891. The topological polar surface area (TPSA) is 47.9 Å². The van der Waals surface area contributed by atoms with Gasteiger partial charge >= 0.3 is 0 Å². The van der Waals surface area contributed by atoms with Gasteiger partial charge in [0.25, 0.3) is 0 Å². The Hall–Kier alpha value is -3.53. The normalized spacial score (nSPS) is 10.4. The number of ether oxygens (including phenoxy) is 1. The summed E-state index contributed by atoms with van der Waals surface area (Å²) in [6.07, 6.45) is 5.24. The minimum Gasteiger partial charge on any atom is -0.457 e. The Kier molecular flexibility index (Phi) is 4.16. The fraction of sp³-hybridized carbons (Fsp3) is 0. The van der Waals surface area contributed by atoms with Crippen LogP contribution in [0.1, 0.15) is 0 Å². The summed E-state index contributed by atoms with van der Waals surface area (Å²) in [6, 6.07) is 23.3. The van der Waals surface area contributed by atoms with Gasteiger partial charge in [-0.05, 0) is 42.5 Å². The van der Waals surface area contributed by atoms with Gasteiger partial charge < -0.3 is 4.74 Å². The zero-order valence-corrected chi connectivity index (χ0v) is 13.4. The molecule has 0 spiro atoms. The van der Waals surface area contributed by atoms with Gasteiger partial charge in [-0.25, -0.2) is 9.97 Å². The van der Waals surface area contributed by atoms with Crippen LogP contribution in [-0.2, 0) is 0 Å². The fourth-order valence-corrected chi connectivity index (χ4v) is 2.54. The van der Waals surface area contributed by atoms with Crippen LogP contribution in [0, 0.1) is 0 Å². The number of aromatic nitrogens is 3. The first-order valence-corrected chi connectivity index (χ1v) is 7.95. The van der Waals surface area contributed by atoms with Gasteiger partial charge in [0.05, 0.1) is 5.69 Å². The lowest BCUT2D eigenvalue weighted by Crippen LogP contribution is -1.89. The van der Waals surface area contributed by atoms with Crippen LogP contribution in [0.4, 0.5) is 0 Å². The highest BCUT2D eigenvalue weighted by Crippen LogP contribution is 2.28. The molecule has 0 radical (unpaired) electrons. The number of pyridine rings is 1. The molecule has 0 bridgehead atoms. The lowest BCUT2D eigenvalue weighted by molar-refractivity contribution is 0.483. The average Bonchev–Trinajstić information content (AvgIpc) is 2.70. The second-order valence-electron chi connectivity index (χ2n) is 5.45. The molecular formula is C21H15N3O. The summed E-state index contributed by atoms with van der Waals surface area (Å²) < 4.78 is 6.02. The number of rotatable bonds is 4. The van der Waals surface area contributed by atoms with Crippen LogP contribution in [-0.4, -0.2) is 15.0 Å². The maximum atomic E-state index is 6.02. The van der Waals surface area contributed by atoms with Gasteiger partial charge in [0.1, 0.15) is 11.5 Å². The van der Waals surface area contributed by atoms with E-state index >= 15 is 0 Å². The van der Waals surface area contributed by atoms with Gasteiger partial charge in [-0.15, -0.1) is 0 Å². The summed E-state index contributed by atoms with van der Waals surface area (Å²) in [6.45, 7) is 0. The number of hydrogen-bond donors (Lipinski definition) is 0. The van der Waals surface area contributed by atoms with E-state index in [1.807, 2.05) is 66.7 Å². The van der Waals surface area contributed by atoms with Crippen molar-refractivity contribution in [2.45, 2.75) is 0 Å². The molecule has 0 atom stereocenters. The zero-order valence-electron chi connectivity index (χ0n) is 13.4. The summed E-state index contributed by atoms with van der Waals surface area (Å²) in [5, 5.41) is 0. The third-order valence-electron chi connectivity index (χ3n) is 3.69. The van der Waals surface area contributed by atoms with E-state index in [0.717, 1.165) is 28.3 Å². The Morgan fingerprint density at radius 2 is 1.24 bits per heavy atom. The van der Waals surface area contributed by atoms with Crippen molar-refractivity contribution in [3.63, 3.8) is 0 Å². The Morgan fingerprint density at radius 1 is 0.560 bits per heavy atom. The highest BCUT2D eigenvalue weighted by Gasteiger charge is 2.05. The highest BCUT2D eigenvalue weighted by molar-refractivity contribution is 5.62. The van der Waals surface area contributed by atoms with Gasteiger partial charge in [-0.3, -0.25) is 4.98 Å². The summed E-state index contributed by atoms with van der Waals surface area (Å²) in [4.78, 5) is 12.9. The minimum absolute atomic E-state index is 0.676. The molecule has 4 nitrogen and oxygen atoms in total. The molecule has 2 aromatic carbocycles. The molecule has 0 aliphatic rings. The van der Waals surface area contributed by atoms with E-state index in [2.05, 4.69) is 15.0 Å². The predicted molar refractivity (Wildman–Crippen MR) is 97.2 cm³/mol. The largest absolute Gasteiger partial charge is 0.457 e. The van der Waals surface area contributed by atoms with Crippen molar-refractivity contribution in [1.82, 2.24) is 15.0 Å². The predicted octanol–water partition coefficient (Wildman–Crippen LogP) is 5.00. The van der Waals surface area contributed by atoms with Crippen LogP contribution in [0.15, 0.2) is 91.4 Å². The standard InChI is InChI=1S/C21H15N3O/c1-2-11-22-20(10-1)16-6-3-8-18(14-16)25-19-9-4-7-17(15-19)21-23-12-5-13-24-21/h1-15H. The van der Waals surface area contributed by atoms with Gasteiger partial charge in [0.2, 0.25) is 0 Å². The molecule has 4 heteroatoms. The molecule has 2 aromatic heterocycles. The Balaban J connectivity index is 1.61. The van der Waals surface area contributed by atoms with E-state index in [-0.39, 0.29) is 0 Å². The fourth-order valence-electron chi connectivity index (χ4n) is 2.54. The Morgan fingerprint density at radius 3 is 1.96 bits per heavy atom. The molecule has 0 unspecified atom stereocenters. The number of hydrogen-bond acceptors (Lipinski definition) is 4. The third kappa shape index (κ3) is 3.53. The van der Waals surface area contributed by atoms with Crippen LogP contribution in [0.5, 0.6) is 11.5 Å². The lowest BCUT2D eigenvalue weighted by Gasteiger charge is -2.09. The van der Waals surface area contributed by atoms with Crippen LogP contribution in [0.2, 0.25) is 0 Å². The molecule has 4 aromatic rings. The number of benzene rings is 2. The van der Waals surface area contributed by atoms with E-state index in [1.165, 1.54) is 0 Å². The maximum Gasteiger partial charge on any atom is 0.159 e. The molecule has 4 rings (SSSR count). The first kappa shape index (κ1) is 15.0. The van der Waals surface area contributed by atoms with Crippen LogP contribution < -0.4 is 4.74 Å². The molecule has 0 aliphatic heterocycles. The smallest absolute Gasteiger partial charge is 0.159 e. The van der Waals surface area contributed by atoms with Gasteiger partial charge in [0.15, 0.2) is 5.82 Å². The molecule has 2 heterocycles. The van der Waals surface area contributed by atoms with Crippen molar-refractivity contribution in [2.24, 2.45) is 0 Å². The molecular weight excluding hydrogens is 310 g/mol. The SMILES string of the molecule is c1ccc(-c2cccc(Oc3cccc(-c4ncccn4)c3)c2)nc1. The zero-order chi connectivity index (χ0) is 16.9. The van der Waals surface area contributed by atoms with Crippen molar-refractivity contribution in [1.29, 1.82) is 0 Å². The second kappa shape index (κ2) is 6.93. The third-order valence-corrected chi connectivity index (χ3v) is 3.69. The molecule has 0 aliphatic carbocycles. The molecule has 0 N–H and O–H groups in total. The van der Waals surface area contributed by atoms with Crippen LogP contribution in [0.3, 0.4) is 0 Å². The average molecular weight is 325 g/mol. The monoisotopic (exact) mass is 325 g/mol. The first-order chi connectivity index (χ1) is 12.4. The molecule has 0 amide bonds. The lowest BCUT2D eigenvalue weighted by atomic mass is 10.1. The maximum absolute atomic E-state index is 6.02. The van der Waals surface area contributed by atoms with Gasteiger partial charge in [-0.2, -0.15) is 0 Å². The number of nitrogens with zero attached hydrogens (tertiary/aromatic N) is 3. The summed E-state index contributed by atoms with van der Waals surface area (Å²) >= 11 is 0. The van der Waals surface area contributed by atoms with Gasteiger partial charge in [0, 0.05) is 29.7 Å². The molecule has 0 saturated carbocycles. The van der Waals surface area contributed by atoms with E-state index in [9.17, 15) is 0 Å². The van der Waals surface area contributed by atoms with Gasteiger partial charge in [-0.1, -0.05) is 30.3 Å². The van der Waals surface area contributed by atoms with E-state index in [4.69, 9.17) is 4.74 Å². The van der Waals surface area contributed by atoms with E-state index < -0.39 is 0 Å². The molecule has 0 saturated heterocycles. The van der Waals surface area contributed by atoms with Crippen molar-refractivity contribution in [3.8, 4) is 34.1 Å². The molecule has 120 valence electrons. The first-order valence-electron chi connectivity index (χ1n) is 7.95. The van der Waals surface area contributed by atoms with Crippen molar-refractivity contribution in [3.05, 3.63) is 91.4 Å². The molecule has 0 fully saturated rings. The van der Waals surface area contributed by atoms with E-state index in [0.29, 0.717) is 5.82 Å². The van der Waals surface area contributed by atoms with Crippen molar-refractivity contribution in [2.75, 3.05) is 0 Å². The second-order valence-corrected chi connectivity index (χ2v) is 5.45. The van der Waals surface area contributed by atoms with E-state index in [1.54, 1.807) is 24.7 Å². The Labute approximate surface area is 145 Å². The highest BCUT2D eigenvalue weighted by atomic mass is 16.5. The quantitative estimate of drug-likeness (QED) is 0.530. The molecule has 25 heavy (non-hydrogen) atoms. The van der Waals surface area contributed by atoms with Crippen molar-refractivity contribution < 1.29 is 4.74 Å². The summed E-state index contributed by atoms with van der Waals surface area (Å²) in [5.74, 6) is 2.17.